The molecule has 2 heteroatoms. The first-order valence-electron chi connectivity index (χ1n) is 6.84. The Hall–Kier alpha value is -0.0800. The van der Waals surface area contributed by atoms with Gasteiger partial charge in [-0.1, -0.05) is 47.0 Å². The van der Waals surface area contributed by atoms with Gasteiger partial charge in [0.2, 0.25) is 0 Å². The van der Waals surface area contributed by atoms with E-state index in [1.165, 1.54) is 32.1 Å². The fourth-order valence-corrected chi connectivity index (χ4v) is 2.64. The van der Waals surface area contributed by atoms with Crippen LogP contribution < -0.4 is 5.73 Å². The molecule has 0 aliphatic heterocycles. The van der Waals surface area contributed by atoms with Gasteiger partial charge in [-0.2, -0.15) is 0 Å². The van der Waals surface area contributed by atoms with Gasteiger partial charge in [-0.05, 0) is 24.2 Å². The molecule has 0 aromatic carbocycles. The highest BCUT2D eigenvalue weighted by Gasteiger charge is 2.31. The summed E-state index contributed by atoms with van der Waals surface area (Å²) in [5.74, 6) is 0.755. The summed E-state index contributed by atoms with van der Waals surface area (Å²) in [4.78, 5) is 0. The van der Waals surface area contributed by atoms with Crippen LogP contribution in [0.5, 0.6) is 0 Å². The molecule has 3 atom stereocenters. The zero-order valence-corrected chi connectivity index (χ0v) is 11.5. The van der Waals surface area contributed by atoms with E-state index in [2.05, 4.69) is 27.7 Å². The van der Waals surface area contributed by atoms with E-state index < -0.39 is 0 Å². The van der Waals surface area contributed by atoms with Crippen molar-refractivity contribution in [1.29, 1.82) is 0 Å². The van der Waals surface area contributed by atoms with Crippen molar-refractivity contribution in [2.45, 2.75) is 72.0 Å². The second kappa shape index (κ2) is 6.02. The molecule has 1 aliphatic carbocycles. The maximum atomic E-state index is 6.28. The Morgan fingerprint density at radius 2 is 1.88 bits per heavy atom. The van der Waals surface area contributed by atoms with Crippen LogP contribution in [0.2, 0.25) is 0 Å². The molecule has 2 N–H and O–H groups in total. The first-order valence-corrected chi connectivity index (χ1v) is 6.84. The largest absolute Gasteiger partial charge is 0.373 e. The summed E-state index contributed by atoms with van der Waals surface area (Å²) in [5, 5.41) is 0. The van der Waals surface area contributed by atoms with Gasteiger partial charge in [0.05, 0.1) is 12.2 Å². The fourth-order valence-electron chi connectivity index (χ4n) is 2.64. The number of hydrogen-bond acceptors (Lipinski definition) is 2. The van der Waals surface area contributed by atoms with Crippen LogP contribution in [-0.4, -0.2) is 18.8 Å². The van der Waals surface area contributed by atoms with Crippen molar-refractivity contribution in [1.82, 2.24) is 0 Å². The summed E-state index contributed by atoms with van der Waals surface area (Å²) >= 11 is 0. The highest BCUT2D eigenvalue weighted by molar-refractivity contribution is 4.81. The zero-order chi connectivity index (χ0) is 12.2. The third-order valence-electron chi connectivity index (χ3n) is 3.88. The van der Waals surface area contributed by atoms with Crippen molar-refractivity contribution in [3.05, 3.63) is 0 Å². The van der Waals surface area contributed by atoms with E-state index in [1.807, 2.05) is 0 Å². The molecular formula is C14H29NO. The van der Waals surface area contributed by atoms with Crippen molar-refractivity contribution in [2.75, 3.05) is 6.54 Å². The molecule has 3 unspecified atom stereocenters. The van der Waals surface area contributed by atoms with Crippen molar-refractivity contribution >= 4 is 0 Å². The molecule has 0 radical (unpaired) electrons. The Morgan fingerprint density at radius 3 is 2.38 bits per heavy atom. The van der Waals surface area contributed by atoms with Gasteiger partial charge >= 0.3 is 0 Å². The van der Waals surface area contributed by atoms with Crippen LogP contribution in [0.3, 0.4) is 0 Å². The lowest BCUT2D eigenvalue weighted by Gasteiger charge is -2.38. The average molecular weight is 227 g/mol. The van der Waals surface area contributed by atoms with Crippen LogP contribution in [0.25, 0.3) is 0 Å². The average Bonchev–Trinajstić information content (AvgIpc) is 2.24. The first kappa shape index (κ1) is 14.0. The summed E-state index contributed by atoms with van der Waals surface area (Å²) in [6.07, 6.45) is 7.15. The van der Waals surface area contributed by atoms with E-state index in [0.717, 1.165) is 5.92 Å². The van der Waals surface area contributed by atoms with E-state index in [1.54, 1.807) is 0 Å². The van der Waals surface area contributed by atoms with Crippen molar-refractivity contribution in [3.63, 3.8) is 0 Å². The Balaban J connectivity index is 2.55. The molecule has 16 heavy (non-hydrogen) atoms. The van der Waals surface area contributed by atoms with Crippen LogP contribution in [0.1, 0.15) is 59.8 Å². The van der Waals surface area contributed by atoms with Crippen LogP contribution >= 0.6 is 0 Å². The molecule has 0 spiro atoms. The predicted molar refractivity (Wildman–Crippen MR) is 69.4 cm³/mol. The number of ether oxygens (including phenoxy) is 1. The summed E-state index contributed by atoms with van der Waals surface area (Å²) in [5.41, 5.74) is 6.00. The third-order valence-corrected chi connectivity index (χ3v) is 3.88. The first-order chi connectivity index (χ1) is 7.49. The van der Waals surface area contributed by atoms with Gasteiger partial charge in [0.15, 0.2) is 0 Å². The lowest BCUT2D eigenvalue weighted by Crippen LogP contribution is -2.42. The Kier molecular flexibility index (Phi) is 5.26. The maximum Gasteiger partial charge on any atom is 0.0749 e. The van der Waals surface area contributed by atoms with Gasteiger partial charge in [0.1, 0.15) is 0 Å². The van der Waals surface area contributed by atoms with E-state index in [-0.39, 0.29) is 11.5 Å². The van der Waals surface area contributed by atoms with Crippen LogP contribution in [-0.2, 0) is 4.74 Å². The minimum Gasteiger partial charge on any atom is -0.373 e. The minimum atomic E-state index is 0.157. The summed E-state index contributed by atoms with van der Waals surface area (Å²) in [7, 11) is 0. The smallest absolute Gasteiger partial charge is 0.0749 e. The molecule has 0 saturated heterocycles. The Morgan fingerprint density at radius 1 is 1.25 bits per heavy atom. The van der Waals surface area contributed by atoms with Crippen LogP contribution in [0.4, 0.5) is 0 Å². The molecule has 0 heterocycles. The van der Waals surface area contributed by atoms with E-state index in [4.69, 9.17) is 10.5 Å². The van der Waals surface area contributed by atoms with Gasteiger partial charge in [0, 0.05) is 6.54 Å². The summed E-state index contributed by atoms with van der Waals surface area (Å²) in [6, 6.07) is 0. The van der Waals surface area contributed by atoms with Crippen molar-refractivity contribution in [2.24, 2.45) is 17.1 Å². The molecule has 1 saturated carbocycles. The summed E-state index contributed by atoms with van der Waals surface area (Å²) in [6.45, 7) is 9.56. The normalized spacial score (nSPS) is 29.1. The highest BCUT2D eigenvalue weighted by atomic mass is 16.5. The Labute approximate surface area is 101 Å². The SMILES string of the molecule is CCC1CCCCC1OC(CN)C(C)(C)C. The minimum absolute atomic E-state index is 0.157. The number of rotatable bonds is 4. The van der Waals surface area contributed by atoms with Gasteiger partial charge in [-0.25, -0.2) is 0 Å². The van der Waals surface area contributed by atoms with Crippen molar-refractivity contribution < 1.29 is 4.74 Å². The molecule has 2 nitrogen and oxygen atoms in total. The molecular weight excluding hydrogens is 198 g/mol. The molecule has 1 rings (SSSR count). The molecule has 0 aromatic heterocycles. The van der Waals surface area contributed by atoms with Crippen LogP contribution in [0, 0.1) is 11.3 Å². The monoisotopic (exact) mass is 227 g/mol. The second-order valence-corrected chi connectivity index (χ2v) is 6.22. The lowest BCUT2D eigenvalue weighted by atomic mass is 9.83. The third kappa shape index (κ3) is 3.74. The molecule has 1 aliphatic rings. The van der Waals surface area contributed by atoms with Gasteiger partial charge in [-0.3, -0.25) is 0 Å². The number of nitrogens with two attached hydrogens (primary N) is 1. The van der Waals surface area contributed by atoms with Crippen molar-refractivity contribution in [3.8, 4) is 0 Å². The van der Waals surface area contributed by atoms with Gasteiger partial charge < -0.3 is 10.5 Å². The molecule has 1 fully saturated rings. The second-order valence-electron chi connectivity index (χ2n) is 6.22. The molecule has 0 bridgehead atoms. The van der Waals surface area contributed by atoms with Crippen LogP contribution in [0.15, 0.2) is 0 Å². The highest BCUT2D eigenvalue weighted by Crippen LogP contribution is 2.32. The van der Waals surface area contributed by atoms with E-state index >= 15 is 0 Å². The lowest BCUT2D eigenvalue weighted by molar-refractivity contribution is -0.0966. The zero-order valence-electron chi connectivity index (χ0n) is 11.5. The maximum absolute atomic E-state index is 6.28. The fraction of sp³-hybridized carbons (Fsp3) is 1.00. The van der Waals surface area contributed by atoms with E-state index in [0.29, 0.717) is 12.6 Å². The topological polar surface area (TPSA) is 35.2 Å². The van der Waals surface area contributed by atoms with Gasteiger partial charge in [-0.15, -0.1) is 0 Å². The standard InChI is InChI=1S/C14H29NO/c1-5-11-8-6-7-9-12(11)16-13(10-15)14(2,3)4/h11-13H,5-10,15H2,1-4H3. The molecule has 0 aromatic rings. The van der Waals surface area contributed by atoms with E-state index in [9.17, 15) is 0 Å². The van der Waals surface area contributed by atoms with Gasteiger partial charge in [0.25, 0.3) is 0 Å². The molecule has 96 valence electrons. The predicted octanol–water partition coefficient (Wildman–Crippen LogP) is 3.35. The summed E-state index contributed by atoms with van der Waals surface area (Å²) < 4.78 is 6.28. The quantitative estimate of drug-likeness (QED) is 0.799. The molecule has 0 amide bonds. The number of hydrogen-bond donors (Lipinski definition) is 1. The Bertz CT molecular complexity index is 197.